The molecule has 1 N–H and O–H groups in total. The molecule has 0 saturated carbocycles. The summed E-state index contributed by atoms with van der Waals surface area (Å²) >= 11 is 0. The molecule has 0 atom stereocenters. The largest absolute Gasteiger partial charge is 0.464 e. The van der Waals surface area contributed by atoms with Crippen molar-refractivity contribution in [1.29, 1.82) is 0 Å². The highest BCUT2D eigenvalue weighted by molar-refractivity contribution is 5.66. The average Bonchev–Trinajstić information content (AvgIpc) is 3.10. The van der Waals surface area contributed by atoms with Crippen molar-refractivity contribution in [2.24, 2.45) is 0 Å². The monoisotopic (exact) mass is 239 g/mol. The van der Waals surface area contributed by atoms with Gasteiger partial charge in [-0.15, -0.1) is 0 Å². The Morgan fingerprint density at radius 2 is 2.06 bits per heavy atom. The van der Waals surface area contributed by atoms with Gasteiger partial charge in [-0.1, -0.05) is 25.1 Å². The third kappa shape index (κ3) is 1.93. The van der Waals surface area contributed by atoms with E-state index in [1.165, 1.54) is 0 Å². The molecule has 0 spiro atoms. The molecule has 0 bridgehead atoms. The van der Waals surface area contributed by atoms with E-state index in [0.29, 0.717) is 0 Å². The summed E-state index contributed by atoms with van der Waals surface area (Å²) in [6.07, 6.45) is 2.52. The minimum atomic E-state index is 0.722. The number of nitrogens with zero attached hydrogens (tertiary/aromatic N) is 2. The lowest BCUT2D eigenvalue weighted by Gasteiger charge is -1.99. The van der Waals surface area contributed by atoms with Crippen LogP contribution in [0.2, 0.25) is 0 Å². The zero-order valence-electron chi connectivity index (χ0n) is 10.1. The Hall–Kier alpha value is -2.36. The van der Waals surface area contributed by atoms with Crippen LogP contribution in [0.15, 0.2) is 47.1 Å². The van der Waals surface area contributed by atoms with Crippen LogP contribution in [0.5, 0.6) is 0 Å². The number of nitrogens with one attached hydrogen (secondary N) is 1. The molecule has 0 aliphatic carbocycles. The van der Waals surface area contributed by atoms with Crippen molar-refractivity contribution >= 4 is 0 Å². The van der Waals surface area contributed by atoms with Crippen molar-refractivity contribution in [2.75, 3.05) is 0 Å². The van der Waals surface area contributed by atoms with E-state index < -0.39 is 0 Å². The SMILES string of the molecule is CCc1nc(-c2cccc(-c3ccco3)c2)n[nH]1. The lowest BCUT2D eigenvalue weighted by molar-refractivity contribution is 0.582. The van der Waals surface area contributed by atoms with Crippen molar-refractivity contribution in [2.45, 2.75) is 13.3 Å². The Morgan fingerprint density at radius 3 is 2.78 bits per heavy atom. The molecule has 1 aromatic carbocycles. The lowest BCUT2D eigenvalue weighted by atomic mass is 10.1. The fourth-order valence-electron chi connectivity index (χ4n) is 1.84. The van der Waals surface area contributed by atoms with Crippen LogP contribution in [0, 0.1) is 0 Å². The Balaban J connectivity index is 2.00. The Kier molecular flexibility index (Phi) is 2.68. The molecule has 4 heteroatoms. The molecule has 3 aromatic rings. The van der Waals surface area contributed by atoms with E-state index in [1.807, 2.05) is 43.3 Å². The number of aryl methyl sites for hydroxylation is 1. The summed E-state index contributed by atoms with van der Waals surface area (Å²) < 4.78 is 5.39. The second kappa shape index (κ2) is 4.49. The molecule has 18 heavy (non-hydrogen) atoms. The van der Waals surface area contributed by atoms with Crippen LogP contribution in [0.25, 0.3) is 22.7 Å². The highest BCUT2D eigenvalue weighted by atomic mass is 16.3. The predicted octanol–water partition coefficient (Wildman–Crippen LogP) is 3.29. The maximum atomic E-state index is 5.39. The number of furan rings is 1. The van der Waals surface area contributed by atoms with Crippen LogP contribution in [-0.4, -0.2) is 15.2 Å². The predicted molar refractivity (Wildman–Crippen MR) is 68.9 cm³/mol. The van der Waals surface area contributed by atoms with Gasteiger partial charge in [0.1, 0.15) is 11.6 Å². The summed E-state index contributed by atoms with van der Waals surface area (Å²) in [6, 6.07) is 11.8. The molecule has 0 aliphatic rings. The van der Waals surface area contributed by atoms with Gasteiger partial charge in [0.05, 0.1) is 6.26 Å². The van der Waals surface area contributed by atoms with Gasteiger partial charge in [0.15, 0.2) is 5.82 Å². The molecule has 0 unspecified atom stereocenters. The van der Waals surface area contributed by atoms with E-state index in [2.05, 4.69) is 15.2 Å². The molecule has 0 amide bonds. The van der Waals surface area contributed by atoms with Crippen molar-refractivity contribution in [3.05, 3.63) is 48.5 Å². The Labute approximate surface area is 105 Å². The summed E-state index contributed by atoms with van der Waals surface area (Å²) in [5, 5.41) is 7.14. The first-order valence-corrected chi connectivity index (χ1v) is 5.92. The number of benzene rings is 1. The molecular formula is C14H13N3O. The standard InChI is InChI=1S/C14H13N3O/c1-2-13-15-14(17-16-13)11-6-3-5-10(9-11)12-7-4-8-18-12/h3-9H,2H2,1H3,(H,15,16,17). The molecular weight excluding hydrogens is 226 g/mol. The van der Waals surface area contributed by atoms with E-state index in [4.69, 9.17) is 4.42 Å². The van der Waals surface area contributed by atoms with E-state index >= 15 is 0 Å². The zero-order valence-corrected chi connectivity index (χ0v) is 10.1. The number of H-pyrrole nitrogens is 1. The van der Waals surface area contributed by atoms with Crippen LogP contribution in [0.1, 0.15) is 12.7 Å². The molecule has 3 rings (SSSR count). The lowest BCUT2D eigenvalue weighted by Crippen LogP contribution is -1.83. The molecule has 0 fully saturated rings. The number of hydrogen-bond acceptors (Lipinski definition) is 3. The third-order valence-electron chi connectivity index (χ3n) is 2.79. The summed E-state index contributed by atoms with van der Waals surface area (Å²) in [4.78, 5) is 4.42. The second-order valence-corrected chi connectivity index (χ2v) is 4.02. The molecule has 0 radical (unpaired) electrons. The van der Waals surface area contributed by atoms with Crippen LogP contribution >= 0.6 is 0 Å². The maximum Gasteiger partial charge on any atom is 0.181 e. The van der Waals surface area contributed by atoms with Gasteiger partial charge in [-0.25, -0.2) is 4.98 Å². The molecule has 4 nitrogen and oxygen atoms in total. The summed E-state index contributed by atoms with van der Waals surface area (Å²) in [7, 11) is 0. The van der Waals surface area contributed by atoms with Crippen LogP contribution < -0.4 is 0 Å². The van der Waals surface area contributed by atoms with Gasteiger partial charge < -0.3 is 4.42 Å². The van der Waals surface area contributed by atoms with Gasteiger partial charge in [-0.3, -0.25) is 5.10 Å². The summed E-state index contributed by atoms with van der Waals surface area (Å²) in [5.41, 5.74) is 2.01. The van der Waals surface area contributed by atoms with Crippen molar-refractivity contribution in [1.82, 2.24) is 15.2 Å². The normalized spacial score (nSPS) is 10.7. The van der Waals surface area contributed by atoms with E-state index in [1.54, 1.807) is 6.26 Å². The molecule has 2 heterocycles. The summed E-state index contributed by atoms with van der Waals surface area (Å²) in [5.74, 6) is 2.47. The zero-order chi connectivity index (χ0) is 12.4. The van der Waals surface area contributed by atoms with Crippen LogP contribution in [0.4, 0.5) is 0 Å². The molecule has 90 valence electrons. The van der Waals surface area contributed by atoms with Crippen molar-refractivity contribution in [3.63, 3.8) is 0 Å². The molecule has 0 saturated heterocycles. The summed E-state index contributed by atoms with van der Waals surface area (Å²) in [6.45, 7) is 2.05. The van der Waals surface area contributed by atoms with E-state index in [-0.39, 0.29) is 0 Å². The minimum Gasteiger partial charge on any atom is -0.464 e. The topological polar surface area (TPSA) is 54.7 Å². The minimum absolute atomic E-state index is 0.722. The first-order valence-electron chi connectivity index (χ1n) is 5.92. The highest BCUT2D eigenvalue weighted by Gasteiger charge is 2.07. The smallest absolute Gasteiger partial charge is 0.181 e. The third-order valence-corrected chi connectivity index (χ3v) is 2.79. The van der Waals surface area contributed by atoms with Crippen molar-refractivity contribution in [3.8, 4) is 22.7 Å². The van der Waals surface area contributed by atoms with Crippen LogP contribution in [0.3, 0.4) is 0 Å². The second-order valence-electron chi connectivity index (χ2n) is 4.02. The average molecular weight is 239 g/mol. The first-order chi connectivity index (χ1) is 8.86. The highest BCUT2D eigenvalue weighted by Crippen LogP contribution is 2.24. The number of rotatable bonds is 3. The molecule has 2 aromatic heterocycles. The first kappa shape index (κ1) is 10.8. The fourth-order valence-corrected chi connectivity index (χ4v) is 1.84. The van der Waals surface area contributed by atoms with Gasteiger partial charge in [0, 0.05) is 17.5 Å². The van der Waals surface area contributed by atoms with Gasteiger partial charge in [0.25, 0.3) is 0 Å². The van der Waals surface area contributed by atoms with Gasteiger partial charge in [-0.2, -0.15) is 5.10 Å². The Bertz CT molecular complexity index is 641. The van der Waals surface area contributed by atoms with E-state index in [0.717, 1.165) is 35.0 Å². The van der Waals surface area contributed by atoms with Gasteiger partial charge in [0.2, 0.25) is 0 Å². The number of aromatic amines is 1. The van der Waals surface area contributed by atoms with Gasteiger partial charge in [-0.05, 0) is 18.2 Å². The quantitative estimate of drug-likeness (QED) is 0.763. The fraction of sp³-hybridized carbons (Fsp3) is 0.143. The van der Waals surface area contributed by atoms with E-state index in [9.17, 15) is 0 Å². The van der Waals surface area contributed by atoms with Crippen molar-refractivity contribution < 1.29 is 4.42 Å². The van der Waals surface area contributed by atoms with Crippen LogP contribution in [-0.2, 0) is 6.42 Å². The number of aromatic nitrogens is 3. The maximum absolute atomic E-state index is 5.39. The van der Waals surface area contributed by atoms with Gasteiger partial charge >= 0.3 is 0 Å². The molecule has 0 aliphatic heterocycles. The number of hydrogen-bond donors (Lipinski definition) is 1. The Morgan fingerprint density at radius 1 is 1.17 bits per heavy atom.